The second kappa shape index (κ2) is 14.0. The number of rotatable bonds is 12. The van der Waals surface area contributed by atoms with E-state index in [0.29, 0.717) is 18.6 Å². The van der Waals surface area contributed by atoms with E-state index in [-0.39, 0.29) is 5.92 Å². The highest BCUT2D eigenvalue weighted by atomic mass is 16.8. The summed E-state index contributed by atoms with van der Waals surface area (Å²) in [7, 11) is 1.30. The molecule has 0 saturated carbocycles. The molecule has 3 heterocycles. The van der Waals surface area contributed by atoms with E-state index in [2.05, 4.69) is 6.92 Å². The summed E-state index contributed by atoms with van der Waals surface area (Å²) in [4.78, 5) is 12.5. The third kappa shape index (κ3) is 6.96. The second-order valence-electron chi connectivity index (χ2n) is 9.73. The molecule has 3 aliphatic heterocycles. The van der Waals surface area contributed by atoms with Gasteiger partial charge in [-0.15, -0.1) is 0 Å². The first-order valence-electron chi connectivity index (χ1n) is 13.0. The van der Waals surface area contributed by atoms with Gasteiger partial charge in [-0.3, -0.25) is 0 Å². The number of aliphatic hydroxyl groups excluding tert-OH is 4. The van der Waals surface area contributed by atoms with Crippen LogP contribution < -0.4 is 0 Å². The Morgan fingerprint density at radius 2 is 1.75 bits per heavy atom. The summed E-state index contributed by atoms with van der Waals surface area (Å²) in [6, 6.07) is 0. The largest absolute Gasteiger partial charge is 0.471 e. The Bertz CT molecular complexity index is 714. The fraction of sp³-hybridized carbons (Fsp3) is 0.880. The van der Waals surface area contributed by atoms with Crippen molar-refractivity contribution in [3.8, 4) is 0 Å². The Morgan fingerprint density at radius 1 is 1.03 bits per heavy atom. The quantitative estimate of drug-likeness (QED) is 0.216. The standard InChI is InChI=1S/C25H42O11/c1-4-5-6-7-8-9-10-32-18-11-15-16(23(30)31-3)13-33-24(19(15)14(2)34-18)36-25-22(29)21(28)20(27)17(12-26)35-25/h13-15,17-22,24-29H,4-12H2,1-3H3/t14-,15?,17+,18?,19?,20+,21-,22+,24-,25-/m0/s1. The molecule has 11 nitrogen and oxygen atoms in total. The summed E-state index contributed by atoms with van der Waals surface area (Å²) in [5.74, 6) is -1.38. The molecule has 3 unspecified atom stereocenters. The van der Waals surface area contributed by atoms with Gasteiger partial charge in [0.2, 0.25) is 6.29 Å². The summed E-state index contributed by atoms with van der Waals surface area (Å²) in [5, 5.41) is 40.0. The van der Waals surface area contributed by atoms with Crippen molar-refractivity contribution in [2.45, 2.75) is 108 Å². The first-order chi connectivity index (χ1) is 17.3. The second-order valence-corrected chi connectivity index (χ2v) is 9.73. The Morgan fingerprint density at radius 3 is 2.44 bits per heavy atom. The maximum atomic E-state index is 12.5. The SMILES string of the molecule is CCCCCCCCOC1CC2C(C(=O)OC)=CO[C@@H](O[C@@H]3O[C@H](CO)[C@@H](O)[C@H](O)[C@H]3O)C2[C@H](C)O1. The third-order valence-electron chi connectivity index (χ3n) is 7.20. The Labute approximate surface area is 212 Å². The van der Waals surface area contributed by atoms with E-state index in [1.165, 1.54) is 39.1 Å². The Hall–Kier alpha value is -1.31. The number of hydrogen-bond acceptors (Lipinski definition) is 11. The van der Waals surface area contributed by atoms with Gasteiger partial charge in [-0.05, 0) is 13.3 Å². The van der Waals surface area contributed by atoms with E-state index >= 15 is 0 Å². The number of aliphatic hydroxyl groups is 4. The van der Waals surface area contributed by atoms with Crippen LogP contribution in [0.5, 0.6) is 0 Å². The van der Waals surface area contributed by atoms with Crippen molar-refractivity contribution >= 4 is 5.97 Å². The predicted molar refractivity (Wildman–Crippen MR) is 125 cm³/mol. The lowest BCUT2D eigenvalue weighted by Crippen LogP contribution is -2.61. The van der Waals surface area contributed by atoms with Gasteiger partial charge in [0, 0.05) is 18.9 Å². The van der Waals surface area contributed by atoms with Crippen molar-refractivity contribution < 1.29 is 53.6 Å². The van der Waals surface area contributed by atoms with E-state index in [1.807, 2.05) is 6.92 Å². The Kier molecular flexibility index (Phi) is 11.4. The number of ether oxygens (including phenoxy) is 6. The molecule has 0 aromatic carbocycles. The maximum Gasteiger partial charge on any atom is 0.337 e. The molecule has 4 N–H and O–H groups in total. The fourth-order valence-corrected chi connectivity index (χ4v) is 5.10. The van der Waals surface area contributed by atoms with E-state index in [1.54, 1.807) is 0 Å². The number of carbonyl (C=O) groups excluding carboxylic acids is 1. The molecule has 3 rings (SSSR count). The van der Waals surface area contributed by atoms with Gasteiger partial charge in [0.05, 0.1) is 37.6 Å². The zero-order valence-electron chi connectivity index (χ0n) is 21.4. The molecule has 0 radical (unpaired) electrons. The van der Waals surface area contributed by atoms with Crippen LogP contribution >= 0.6 is 0 Å². The van der Waals surface area contributed by atoms with Crippen LogP contribution in [-0.2, 0) is 33.2 Å². The molecule has 0 spiro atoms. The molecule has 36 heavy (non-hydrogen) atoms. The van der Waals surface area contributed by atoms with Gasteiger partial charge in [-0.25, -0.2) is 4.79 Å². The van der Waals surface area contributed by atoms with E-state index in [4.69, 9.17) is 28.4 Å². The number of esters is 1. The van der Waals surface area contributed by atoms with Gasteiger partial charge in [-0.1, -0.05) is 39.0 Å². The molecule has 0 aromatic heterocycles. The average Bonchev–Trinajstić information content (AvgIpc) is 2.87. The van der Waals surface area contributed by atoms with Gasteiger partial charge < -0.3 is 48.8 Å². The zero-order valence-corrected chi connectivity index (χ0v) is 21.4. The smallest absolute Gasteiger partial charge is 0.337 e. The first kappa shape index (κ1) is 29.2. The van der Waals surface area contributed by atoms with Crippen molar-refractivity contribution in [1.82, 2.24) is 0 Å². The molecule has 0 bridgehead atoms. The van der Waals surface area contributed by atoms with Crippen molar-refractivity contribution in [2.75, 3.05) is 20.3 Å². The number of methoxy groups -OCH3 is 1. The number of hydrogen-bond donors (Lipinski definition) is 4. The highest BCUT2D eigenvalue weighted by Crippen LogP contribution is 2.43. The van der Waals surface area contributed by atoms with Crippen LogP contribution in [0.15, 0.2) is 11.8 Å². The topological polar surface area (TPSA) is 153 Å². The van der Waals surface area contributed by atoms with Crippen LogP contribution in [0.4, 0.5) is 0 Å². The summed E-state index contributed by atoms with van der Waals surface area (Å²) in [5.41, 5.74) is 0.333. The van der Waals surface area contributed by atoms with Crippen LogP contribution in [-0.4, -0.2) is 96.1 Å². The van der Waals surface area contributed by atoms with Gasteiger partial charge in [-0.2, -0.15) is 0 Å². The van der Waals surface area contributed by atoms with Gasteiger partial charge >= 0.3 is 5.97 Å². The van der Waals surface area contributed by atoms with Crippen LogP contribution in [0, 0.1) is 11.8 Å². The minimum atomic E-state index is -1.58. The normalized spacial score (nSPS) is 38.6. The average molecular weight is 519 g/mol. The van der Waals surface area contributed by atoms with Crippen LogP contribution in [0.2, 0.25) is 0 Å². The Balaban J connectivity index is 1.66. The number of unbranched alkanes of at least 4 members (excludes halogenated alkanes) is 5. The van der Waals surface area contributed by atoms with Crippen molar-refractivity contribution in [1.29, 1.82) is 0 Å². The molecule has 0 amide bonds. The van der Waals surface area contributed by atoms with Gasteiger partial charge in [0.1, 0.15) is 24.4 Å². The van der Waals surface area contributed by atoms with Crippen molar-refractivity contribution in [3.63, 3.8) is 0 Å². The summed E-state index contributed by atoms with van der Waals surface area (Å²) in [6.45, 7) is 3.99. The molecule has 3 aliphatic rings. The molecular formula is C25H42O11. The van der Waals surface area contributed by atoms with E-state index in [9.17, 15) is 25.2 Å². The summed E-state index contributed by atoms with van der Waals surface area (Å²) < 4.78 is 34.1. The summed E-state index contributed by atoms with van der Waals surface area (Å²) >= 11 is 0. The summed E-state index contributed by atoms with van der Waals surface area (Å²) in [6.07, 6.45) is -0.622. The minimum absolute atomic E-state index is 0.333. The number of carbonyl (C=O) groups is 1. The first-order valence-corrected chi connectivity index (χ1v) is 13.0. The third-order valence-corrected chi connectivity index (χ3v) is 7.20. The highest BCUT2D eigenvalue weighted by molar-refractivity contribution is 5.88. The van der Waals surface area contributed by atoms with Crippen molar-refractivity contribution in [2.24, 2.45) is 11.8 Å². The monoisotopic (exact) mass is 518 g/mol. The predicted octanol–water partition coefficient (Wildman–Crippen LogP) is 0.961. The fourth-order valence-electron chi connectivity index (χ4n) is 5.10. The number of fused-ring (bicyclic) bond motifs is 1. The lowest BCUT2D eigenvalue weighted by molar-refractivity contribution is -0.353. The molecule has 10 atom stereocenters. The zero-order chi connectivity index (χ0) is 26.2. The molecule has 11 heteroatoms. The van der Waals surface area contributed by atoms with E-state index in [0.717, 1.165) is 12.8 Å². The molecule has 2 saturated heterocycles. The van der Waals surface area contributed by atoms with Crippen molar-refractivity contribution in [3.05, 3.63) is 11.8 Å². The van der Waals surface area contributed by atoms with Crippen LogP contribution in [0.3, 0.4) is 0 Å². The van der Waals surface area contributed by atoms with E-state index < -0.39 is 67.9 Å². The molecule has 208 valence electrons. The lowest BCUT2D eigenvalue weighted by Gasteiger charge is -2.47. The maximum absolute atomic E-state index is 12.5. The minimum Gasteiger partial charge on any atom is -0.471 e. The molecule has 0 aliphatic carbocycles. The van der Waals surface area contributed by atoms with Gasteiger partial charge in [0.15, 0.2) is 12.6 Å². The van der Waals surface area contributed by atoms with Crippen LogP contribution in [0.1, 0.15) is 58.8 Å². The molecular weight excluding hydrogens is 476 g/mol. The lowest BCUT2D eigenvalue weighted by atomic mass is 9.77. The molecule has 2 fully saturated rings. The van der Waals surface area contributed by atoms with Gasteiger partial charge in [0.25, 0.3) is 0 Å². The highest BCUT2D eigenvalue weighted by Gasteiger charge is 2.51. The molecule has 0 aromatic rings. The van der Waals surface area contributed by atoms with Crippen LogP contribution in [0.25, 0.3) is 0 Å².